The number of benzene rings is 2. The third-order valence-corrected chi connectivity index (χ3v) is 8.10. The number of hydrogen-bond donors (Lipinski definition) is 1. The van der Waals surface area contributed by atoms with Crippen LogP contribution in [0.3, 0.4) is 0 Å². The largest absolute Gasteiger partial charge is 0.294 e. The number of nitrogens with zero attached hydrogens (tertiary/aromatic N) is 4. The van der Waals surface area contributed by atoms with Crippen LogP contribution in [0.2, 0.25) is 0 Å². The van der Waals surface area contributed by atoms with E-state index in [1.807, 2.05) is 55.5 Å². The number of allylic oxidation sites excluding steroid dienone is 4. The van der Waals surface area contributed by atoms with E-state index in [4.69, 9.17) is 16.7 Å². The lowest BCUT2D eigenvalue weighted by atomic mass is 9.87. The highest BCUT2D eigenvalue weighted by Gasteiger charge is 2.67. The summed E-state index contributed by atoms with van der Waals surface area (Å²) in [6.45, 7) is 1.89. The van der Waals surface area contributed by atoms with Gasteiger partial charge in [0, 0.05) is 6.42 Å². The number of rotatable bonds is 5. The van der Waals surface area contributed by atoms with Gasteiger partial charge < -0.3 is 0 Å². The predicted octanol–water partition coefficient (Wildman–Crippen LogP) is 4.59. The number of carbonyl (C=O) groups is 1. The van der Waals surface area contributed by atoms with Gasteiger partial charge in [0.1, 0.15) is 0 Å². The molecule has 1 saturated heterocycles. The molecule has 3 heterocycles. The maximum atomic E-state index is 13.1. The molecular formula is C23H19ClN4O4S2. The Morgan fingerprint density at radius 1 is 1.21 bits per heavy atom. The van der Waals surface area contributed by atoms with Gasteiger partial charge >= 0.3 is 0 Å². The number of hydrazone groups is 1. The molecule has 0 radical (unpaired) electrons. The lowest BCUT2D eigenvalue weighted by Gasteiger charge is -2.55. The fraction of sp³-hybridized carbons (Fsp3) is 0.174. The van der Waals surface area contributed by atoms with Crippen molar-refractivity contribution in [3.8, 4) is 0 Å². The summed E-state index contributed by atoms with van der Waals surface area (Å²) in [5.74, 6) is -0.314. The quantitative estimate of drug-likeness (QED) is 0.231. The molecule has 5 rings (SSSR count). The molecule has 0 aliphatic carbocycles. The number of hydrogen-bond acceptors (Lipinski definition) is 7. The van der Waals surface area contributed by atoms with Crippen molar-refractivity contribution in [3.63, 3.8) is 0 Å². The van der Waals surface area contributed by atoms with Crippen LogP contribution in [0.4, 0.5) is 10.8 Å². The van der Waals surface area contributed by atoms with Crippen LogP contribution in [-0.4, -0.2) is 40.6 Å². The van der Waals surface area contributed by atoms with Crippen molar-refractivity contribution < 1.29 is 17.8 Å². The highest BCUT2D eigenvalue weighted by molar-refractivity contribution is 7.85. The minimum atomic E-state index is -4.44. The molecule has 1 N–H and O–H groups in total. The molecule has 2 atom stereocenters. The first-order chi connectivity index (χ1) is 16.3. The van der Waals surface area contributed by atoms with E-state index in [-0.39, 0.29) is 10.8 Å². The summed E-state index contributed by atoms with van der Waals surface area (Å²) < 4.78 is 34.0. The highest BCUT2D eigenvalue weighted by Crippen LogP contribution is 2.51. The summed E-state index contributed by atoms with van der Waals surface area (Å²) in [6, 6.07) is 13.3. The summed E-state index contributed by atoms with van der Waals surface area (Å²) in [5, 5.41) is 5.78. The number of alkyl halides is 1. The summed E-state index contributed by atoms with van der Waals surface area (Å²) >= 11 is 8.04. The van der Waals surface area contributed by atoms with Crippen molar-refractivity contribution in [3.05, 3.63) is 72.8 Å². The molecule has 0 saturated carbocycles. The number of fused-ring (bicyclic) bond motifs is 1. The molecule has 8 nitrogen and oxygen atoms in total. The number of para-hydroxylation sites is 1. The van der Waals surface area contributed by atoms with Crippen molar-refractivity contribution in [1.82, 2.24) is 4.98 Å². The molecule has 2 unspecified atom stereocenters. The van der Waals surface area contributed by atoms with Crippen LogP contribution < -0.4 is 9.91 Å². The Morgan fingerprint density at radius 3 is 2.74 bits per heavy atom. The van der Waals surface area contributed by atoms with Crippen LogP contribution in [0, 0.1) is 0 Å². The summed E-state index contributed by atoms with van der Waals surface area (Å²) in [6.07, 6.45) is 7.67. The topological polar surface area (TPSA) is 103 Å². The Labute approximate surface area is 205 Å². The molecule has 3 aromatic rings. The smallest absolute Gasteiger partial charge is 0.282 e. The molecule has 34 heavy (non-hydrogen) atoms. The summed E-state index contributed by atoms with van der Waals surface area (Å²) in [7, 11) is -4.44. The minimum absolute atomic E-state index is 0.281. The Hall–Kier alpha value is -3.05. The monoisotopic (exact) mass is 514 g/mol. The average molecular weight is 515 g/mol. The molecule has 2 aliphatic heterocycles. The van der Waals surface area contributed by atoms with E-state index in [2.05, 4.69) is 4.98 Å². The molecule has 1 aromatic heterocycles. The van der Waals surface area contributed by atoms with E-state index in [1.165, 1.54) is 34.4 Å². The number of β-lactam (4-membered cyclic amide) rings is 1. The molecule has 1 amide bonds. The van der Waals surface area contributed by atoms with E-state index >= 15 is 0 Å². The molecule has 174 valence electrons. The van der Waals surface area contributed by atoms with Gasteiger partial charge in [-0.2, -0.15) is 13.5 Å². The zero-order chi connectivity index (χ0) is 24.1. The van der Waals surface area contributed by atoms with Crippen molar-refractivity contribution in [1.29, 1.82) is 0 Å². The van der Waals surface area contributed by atoms with Crippen LogP contribution in [0.5, 0.6) is 0 Å². The lowest BCUT2D eigenvalue weighted by Crippen LogP contribution is -2.78. The molecule has 2 aliphatic rings. The second-order valence-corrected chi connectivity index (χ2v) is 10.7. The molecule has 2 aromatic carbocycles. The van der Waals surface area contributed by atoms with Crippen LogP contribution in [0.1, 0.15) is 13.3 Å². The standard InChI is InChI=1S/C23H19ClN4O4S2/c1-2-3-4-8-15-14-23(28(26-15)16-9-7-10-17(13-16)34(30,31)32)20(24)21(29)27(23)22-25-18-11-5-6-12-19(18)33-22/h2-13,20H,14H2,1H3,(H,30,31,32)/b3-2+,8-4+. The predicted molar refractivity (Wildman–Crippen MR) is 134 cm³/mol. The SMILES string of the molecule is C/C=C/C=C/C1=NN(c2cccc(S(=O)(=O)O)c2)C2(C1)C(Cl)C(=O)N2c1nc2ccccc2s1. The summed E-state index contributed by atoms with van der Waals surface area (Å²) in [5.41, 5.74) is 0.656. The Balaban J connectivity index is 1.65. The van der Waals surface area contributed by atoms with Gasteiger partial charge in [0.05, 0.1) is 26.5 Å². The van der Waals surface area contributed by atoms with E-state index in [0.717, 1.165) is 10.2 Å². The van der Waals surface area contributed by atoms with Gasteiger partial charge in [0.15, 0.2) is 16.2 Å². The maximum Gasteiger partial charge on any atom is 0.294 e. The number of aromatic nitrogens is 1. The van der Waals surface area contributed by atoms with Crippen LogP contribution in [0.15, 0.2) is 82.8 Å². The number of thiazole rings is 1. The molecule has 11 heteroatoms. The third-order valence-electron chi connectivity index (χ3n) is 5.69. The van der Waals surface area contributed by atoms with Gasteiger partial charge in [-0.05, 0) is 43.3 Å². The average Bonchev–Trinajstić information content (AvgIpc) is 3.41. The molecule has 1 fully saturated rings. The fourth-order valence-electron chi connectivity index (χ4n) is 4.15. The molecule has 1 spiro atoms. The number of anilines is 2. The van der Waals surface area contributed by atoms with Gasteiger partial charge in [-0.25, -0.2) is 9.99 Å². The Morgan fingerprint density at radius 2 is 2.00 bits per heavy atom. The molecule has 0 bridgehead atoms. The van der Waals surface area contributed by atoms with E-state index < -0.39 is 21.2 Å². The first kappa shape index (κ1) is 22.7. The van der Waals surface area contributed by atoms with Crippen molar-refractivity contribution >= 4 is 65.7 Å². The Kier molecular flexibility index (Phi) is 5.56. The van der Waals surface area contributed by atoms with Crippen molar-refractivity contribution in [2.24, 2.45) is 5.10 Å². The number of amides is 1. The lowest BCUT2D eigenvalue weighted by molar-refractivity contribution is -0.126. The van der Waals surface area contributed by atoms with Gasteiger partial charge in [-0.3, -0.25) is 14.2 Å². The van der Waals surface area contributed by atoms with Gasteiger partial charge in [0.2, 0.25) is 0 Å². The van der Waals surface area contributed by atoms with E-state index in [9.17, 15) is 17.8 Å². The van der Waals surface area contributed by atoms with Crippen LogP contribution >= 0.6 is 22.9 Å². The van der Waals surface area contributed by atoms with E-state index in [1.54, 1.807) is 11.1 Å². The second kappa shape index (κ2) is 8.31. The third kappa shape index (κ3) is 3.54. The molecular weight excluding hydrogens is 496 g/mol. The van der Waals surface area contributed by atoms with Gasteiger partial charge in [-0.15, -0.1) is 11.6 Å². The van der Waals surface area contributed by atoms with Crippen LogP contribution in [-0.2, 0) is 14.9 Å². The summed E-state index contributed by atoms with van der Waals surface area (Å²) in [4.78, 5) is 19.0. The fourth-order valence-corrected chi connectivity index (χ4v) is 6.08. The van der Waals surface area contributed by atoms with Crippen molar-refractivity contribution in [2.75, 3.05) is 9.91 Å². The Bertz CT molecular complexity index is 1460. The number of carbonyl (C=O) groups excluding carboxylic acids is 1. The first-order valence-electron chi connectivity index (χ1n) is 10.3. The van der Waals surface area contributed by atoms with Crippen molar-refractivity contribution in [2.45, 2.75) is 29.3 Å². The first-order valence-corrected chi connectivity index (χ1v) is 13.0. The van der Waals surface area contributed by atoms with Gasteiger partial charge in [-0.1, -0.05) is 47.8 Å². The van der Waals surface area contributed by atoms with Crippen LogP contribution in [0.25, 0.3) is 10.2 Å². The zero-order valence-electron chi connectivity index (χ0n) is 17.9. The zero-order valence-corrected chi connectivity index (χ0v) is 20.3. The minimum Gasteiger partial charge on any atom is -0.282 e. The highest BCUT2D eigenvalue weighted by atomic mass is 35.5. The maximum absolute atomic E-state index is 13.1. The normalized spacial score (nSPS) is 23.0. The number of halogens is 1. The van der Waals surface area contributed by atoms with E-state index in [0.29, 0.717) is 23.0 Å². The van der Waals surface area contributed by atoms with Gasteiger partial charge in [0.25, 0.3) is 16.0 Å². The second-order valence-electron chi connectivity index (χ2n) is 7.82.